The second kappa shape index (κ2) is 13.3. The van der Waals surface area contributed by atoms with E-state index in [-0.39, 0.29) is 24.2 Å². The van der Waals surface area contributed by atoms with Gasteiger partial charge in [-0.15, -0.1) is 0 Å². The average molecular weight is 439 g/mol. The van der Waals surface area contributed by atoms with Gasteiger partial charge in [-0.2, -0.15) is 0 Å². The van der Waals surface area contributed by atoms with Crippen LogP contribution in [-0.2, 0) is 9.47 Å². The van der Waals surface area contributed by atoms with Gasteiger partial charge in [-0.05, 0) is 83.5 Å². The number of rotatable bonds is 13. The summed E-state index contributed by atoms with van der Waals surface area (Å²) in [7, 11) is 0. The Kier molecular flexibility index (Phi) is 11.5. The molecule has 0 radical (unpaired) electrons. The Bertz CT molecular complexity index is 508. The third kappa shape index (κ3) is 11.8. The Morgan fingerprint density at radius 2 is 1.23 bits per heavy atom. The maximum Gasteiger partial charge on any atom is 0.0760 e. The van der Waals surface area contributed by atoms with Gasteiger partial charge in [0.2, 0.25) is 0 Å². The van der Waals surface area contributed by atoms with E-state index in [4.69, 9.17) is 9.47 Å². The molecule has 4 nitrogen and oxygen atoms in total. The zero-order chi connectivity index (χ0) is 22.7. The summed E-state index contributed by atoms with van der Waals surface area (Å²) < 4.78 is 12.7. The predicted octanol–water partition coefficient (Wildman–Crippen LogP) is 6.33. The summed E-state index contributed by atoms with van der Waals surface area (Å²) in [5.41, 5.74) is -0.501. The summed E-state index contributed by atoms with van der Waals surface area (Å²) in [6.45, 7) is 8.32. The fourth-order valence-corrected chi connectivity index (χ4v) is 4.80. The molecule has 2 saturated heterocycles. The van der Waals surface area contributed by atoms with E-state index in [1.165, 1.54) is 38.5 Å². The van der Waals surface area contributed by atoms with Crippen molar-refractivity contribution in [3.8, 4) is 0 Å². The summed E-state index contributed by atoms with van der Waals surface area (Å²) in [6.07, 6.45) is 21.6. The molecule has 2 aliphatic heterocycles. The number of hydrogen-bond acceptors (Lipinski definition) is 4. The highest BCUT2D eigenvalue weighted by Gasteiger charge is 2.24. The molecule has 2 rings (SSSR count). The van der Waals surface area contributed by atoms with E-state index < -0.39 is 5.60 Å². The van der Waals surface area contributed by atoms with Gasteiger partial charge in [0.15, 0.2) is 0 Å². The largest absolute Gasteiger partial charge is 0.396 e. The highest BCUT2D eigenvalue weighted by atomic mass is 16.5. The second-order valence-electron chi connectivity index (χ2n) is 11.5. The molecule has 2 aliphatic rings. The zero-order valence-electron chi connectivity index (χ0n) is 20.8. The van der Waals surface area contributed by atoms with Crippen molar-refractivity contribution in [1.82, 2.24) is 0 Å². The van der Waals surface area contributed by atoms with Crippen molar-refractivity contribution in [3.63, 3.8) is 0 Å². The first-order valence-corrected chi connectivity index (χ1v) is 13.0. The van der Waals surface area contributed by atoms with E-state index in [1.807, 2.05) is 13.8 Å². The SMILES string of the molecule is CC(C)(O)CCCCC1CCCC(/C=C\C2CCCC(CCCCC(C)(C)CO)O2)O1. The summed E-state index contributed by atoms with van der Waals surface area (Å²) >= 11 is 0. The molecule has 4 unspecified atom stereocenters. The monoisotopic (exact) mass is 438 g/mol. The first kappa shape index (κ1) is 26.8. The van der Waals surface area contributed by atoms with Crippen LogP contribution in [0.4, 0.5) is 0 Å². The Balaban J connectivity index is 1.65. The molecule has 0 saturated carbocycles. The normalized spacial score (nSPS) is 28.3. The molecule has 0 spiro atoms. The van der Waals surface area contributed by atoms with E-state index in [2.05, 4.69) is 26.0 Å². The molecule has 2 N–H and O–H groups in total. The van der Waals surface area contributed by atoms with Crippen molar-refractivity contribution in [3.05, 3.63) is 12.2 Å². The van der Waals surface area contributed by atoms with Gasteiger partial charge in [-0.25, -0.2) is 0 Å². The van der Waals surface area contributed by atoms with Crippen LogP contribution in [-0.4, -0.2) is 46.8 Å². The van der Waals surface area contributed by atoms with Crippen molar-refractivity contribution >= 4 is 0 Å². The van der Waals surface area contributed by atoms with Gasteiger partial charge >= 0.3 is 0 Å². The van der Waals surface area contributed by atoms with Gasteiger partial charge in [0.25, 0.3) is 0 Å². The Hall–Kier alpha value is -0.420. The first-order chi connectivity index (χ1) is 14.7. The van der Waals surface area contributed by atoms with Gasteiger partial charge in [0, 0.05) is 6.61 Å². The summed E-state index contributed by atoms with van der Waals surface area (Å²) in [5.74, 6) is 0. The summed E-state index contributed by atoms with van der Waals surface area (Å²) in [4.78, 5) is 0. The highest BCUT2D eigenvalue weighted by Crippen LogP contribution is 2.28. The number of aliphatic hydroxyl groups excluding tert-OH is 1. The Morgan fingerprint density at radius 1 is 0.742 bits per heavy atom. The Labute approximate surface area is 191 Å². The molecule has 2 heterocycles. The van der Waals surface area contributed by atoms with Crippen molar-refractivity contribution in [2.45, 2.75) is 148 Å². The van der Waals surface area contributed by atoms with Gasteiger partial charge in [-0.1, -0.05) is 51.7 Å². The Morgan fingerprint density at radius 3 is 1.68 bits per heavy atom. The lowest BCUT2D eigenvalue weighted by molar-refractivity contribution is -0.0387. The molecule has 182 valence electrons. The average Bonchev–Trinajstić information content (AvgIpc) is 2.73. The minimum absolute atomic E-state index is 0.0476. The lowest BCUT2D eigenvalue weighted by Gasteiger charge is -2.31. The molecule has 0 amide bonds. The molecule has 4 atom stereocenters. The van der Waals surface area contributed by atoms with E-state index in [0.717, 1.165) is 51.4 Å². The molecular formula is C27H50O4. The van der Waals surface area contributed by atoms with E-state index >= 15 is 0 Å². The van der Waals surface area contributed by atoms with Crippen molar-refractivity contribution < 1.29 is 19.7 Å². The second-order valence-corrected chi connectivity index (χ2v) is 11.5. The van der Waals surface area contributed by atoms with E-state index in [0.29, 0.717) is 12.2 Å². The summed E-state index contributed by atoms with van der Waals surface area (Å²) in [5, 5.41) is 19.2. The van der Waals surface area contributed by atoms with Gasteiger partial charge in [0.05, 0.1) is 30.0 Å². The molecule has 4 heteroatoms. The third-order valence-corrected chi connectivity index (χ3v) is 6.93. The maximum absolute atomic E-state index is 9.85. The van der Waals surface area contributed by atoms with Crippen LogP contribution in [0.3, 0.4) is 0 Å². The van der Waals surface area contributed by atoms with E-state index in [1.54, 1.807) is 0 Å². The molecule has 31 heavy (non-hydrogen) atoms. The molecule has 2 fully saturated rings. The molecule has 0 bridgehead atoms. The lowest BCUT2D eigenvalue weighted by Crippen LogP contribution is -2.28. The fourth-order valence-electron chi connectivity index (χ4n) is 4.80. The van der Waals surface area contributed by atoms with Gasteiger partial charge in [-0.3, -0.25) is 0 Å². The first-order valence-electron chi connectivity index (χ1n) is 13.0. The maximum atomic E-state index is 9.85. The zero-order valence-corrected chi connectivity index (χ0v) is 20.8. The number of unbranched alkanes of at least 4 members (excludes halogenated alkanes) is 2. The van der Waals surface area contributed by atoms with Crippen LogP contribution in [0.2, 0.25) is 0 Å². The van der Waals surface area contributed by atoms with Crippen molar-refractivity contribution in [2.75, 3.05) is 6.61 Å². The highest BCUT2D eigenvalue weighted by molar-refractivity contribution is 4.98. The van der Waals surface area contributed by atoms with E-state index in [9.17, 15) is 10.2 Å². The van der Waals surface area contributed by atoms with Crippen molar-refractivity contribution in [1.29, 1.82) is 0 Å². The fraction of sp³-hybridized carbons (Fsp3) is 0.926. The summed E-state index contributed by atoms with van der Waals surface area (Å²) in [6, 6.07) is 0. The number of hydrogen-bond donors (Lipinski definition) is 2. The molecular weight excluding hydrogens is 388 g/mol. The quantitative estimate of drug-likeness (QED) is 0.261. The van der Waals surface area contributed by atoms with Crippen LogP contribution >= 0.6 is 0 Å². The lowest BCUT2D eigenvalue weighted by atomic mass is 9.87. The third-order valence-electron chi connectivity index (χ3n) is 6.93. The van der Waals surface area contributed by atoms with Crippen LogP contribution in [0, 0.1) is 5.41 Å². The van der Waals surface area contributed by atoms with Crippen LogP contribution in [0.5, 0.6) is 0 Å². The topological polar surface area (TPSA) is 58.9 Å². The minimum atomic E-state index is -0.549. The van der Waals surface area contributed by atoms with Crippen LogP contribution in [0.25, 0.3) is 0 Å². The number of aliphatic hydroxyl groups is 2. The van der Waals surface area contributed by atoms with Crippen LogP contribution in [0.1, 0.15) is 118 Å². The van der Waals surface area contributed by atoms with Crippen LogP contribution < -0.4 is 0 Å². The minimum Gasteiger partial charge on any atom is -0.396 e. The molecule has 0 aliphatic carbocycles. The molecule has 0 aromatic heterocycles. The molecule has 0 aromatic carbocycles. The van der Waals surface area contributed by atoms with Gasteiger partial charge in [0.1, 0.15) is 0 Å². The van der Waals surface area contributed by atoms with Crippen LogP contribution in [0.15, 0.2) is 12.2 Å². The smallest absolute Gasteiger partial charge is 0.0760 e. The number of ether oxygens (including phenoxy) is 2. The van der Waals surface area contributed by atoms with Crippen molar-refractivity contribution in [2.24, 2.45) is 5.41 Å². The van der Waals surface area contributed by atoms with Gasteiger partial charge < -0.3 is 19.7 Å². The standard InChI is InChI=1S/C27H50O4/c1-26(2,21-28)19-7-5-11-22-13-9-15-24(30-22)17-18-25-16-10-14-23(31-25)12-6-8-20-27(3,4)29/h17-18,22-25,28-29H,5-16,19-21H2,1-4H3/b18-17-. The predicted molar refractivity (Wildman–Crippen MR) is 128 cm³/mol. The molecule has 0 aromatic rings.